The van der Waals surface area contributed by atoms with Crippen LogP contribution in [0.25, 0.3) is 17.1 Å². The van der Waals surface area contributed by atoms with Gasteiger partial charge in [-0.05, 0) is 37.6 Å². The minimum Gasteiger partial charge on any atom is -0.463 e. The Bertz CT molecular complexity index is 807. The summed E-state index contributed by atoms with van der Waals surface area (Å²) in [6.45, 7) is 5.56. The summed E-state index contributed by atoms with van der Waals surface area (Å²) < 4.78 is 7.16. The molecule has 0 radical (unpaired) electrons. The second-order valence-corrected chi connectivity index (χ2v) is 5.88. The summed E-state index contributed by atoms with van der Waals surface area (Å²) in [4.78, 5) is 15.0. The van der Waals surface area contributed by atoms with Crippen LogP contribution in [-0.2, 0) is 0 Å². The number of unbranched alkanes of at least 4 members (excludes halogenated alkanes) is 1. The number of benzene rings is 1. The fraction of sp³-hybridized carbons (Fsp3) is 0.300. The third-order valence-corrected chi connectivity index (χ3v) is 4.15. The Kier molecular flexibility index (Phi) is 5.33. The first-order valence-electron chi connectivity index (χ1n) is 8.73. The van der Waals surface area contributed by atoms with Gasteiger partial charge in [0.25, 0.3) is 5.91 Å². The van der Waals surface area contributed by atoms with Crippen LogP contribution < -0.4 is 0 Å². The van der Waals surface area contributed by atoms with Crippen molar-refractivity contribution in [3.8, 4) is 17.1 Å². The summed E-state index contributed by atoms with van der Waals surface area (Å²) in [7, 11) is 0. The lowest BCUT2D eigenvalue weighted by Gasteiger charge is -2.21. The summed E-state index contributed by atoms with van der Waals surface area (Å²) in [6, 6.07) is 15.2. The summed E-state index contributed by atoms with van der Waals surface area (Å²) in [5.74, 6) is 0.644. The number of aromatic nitrogens is 2. The van der Waals surface area contributed by atoms with E-state index < -0.39 is 0 Å². The van der Waals surface area contributed by atoms with E-state index in [9.17, 15) is 4.79 Å². The first-order valence-corrected chi connectivity index (χ1v) is 8.73. The van der Waals surface area contributed by atoms with E-state index in [0.717, 1.165) is 25.1 Å². The number of nitrogens with zero attached hydrogens (tertiary/aromatic N) is 3. The highest BCUT2D eigenvalue weighted by Crippen LogP contribution is 2.23. The van der Waals surface area contributed by atoms with Gasteiger partial charge in [-0.3, -0.25) is 4.79 Å². The maximum Gasteiger partial charge on any atom is 0.272 e. The minimum absolute atomic E-state index is 0.00916. The van der Waals surface area contributed by atoms with Crippen molar-refractivity contribution in [2.75, 3.05) is 13.1 Å². The zero-order valence-corrected chi connectivity index (χ0v) is 14.7. The molecule has 0 saturated carbocycles. The number of rotatable bonds is 7. The Hall–Kier alpha value is -2.82. The second-order valence-electron chi connectivity index (χ2n) is 5.88. The summed E-state index contributed by atoms with van der Waals surface area (Å²) in [6.07, 6.45) is 3.65. The molecule has 0 bridgehead atoms. The molecule has 0 aliphatic heterocycles. The highest BCUT2D eigenvalue weighted by Gasteiger charge is 2.22. The normalized spacial score (nSPS) is 10.8. The molecule has 0 unspecified atom stereocenters. The second kappa shape index (κ2) is 7.83. The zero-order chi connectivity index (χ0) is 17.6. The fourth-order valence-electron chi connectivity index (χ4n) is 2.76. The molecule has 5 heteroatoms. The molecule has 3 aromatic rings. The molecule has 0 atom stereocenters. The SMILES string of the molecule is CCCCN(CC)C(=O)c1cc(-c2ccco2)nn1-c1ccccc1. The summed E-state index contributed by atoms with van der Waals surface area (Å²) >= 11 is 0. The molecule has 2 heterocycles. The van der Waals surface area contributed by atoms with Gasteiger partial charge >= 0.3 is 0 Å². The number of furan rings is 1. The molecule has 130 valence electrons. The first-order chi connectivity index (χ1) is 12.2. The number of para-hydroxylation sites is 1. The van der Waals surface area contributed by atoms with Crippen LogP contribution in [0.3, 0.4) is 0 Å². The van der Waals surface area contributed by atoms with Crippen molar-refractivity contribution in [3.05, 3.63) is 60.5 Å². The maximum atomic E-state index is 13.1. The van der Waals surface area contributed by atoms with Crippen LogP contribution >= 0.6 is 0 Å². The molecular weight excluding hydrogens is 314 g/mol. The molecule has 0 aliphatic carbocycles. The number of hydrogen-bond donors (Lipinski definition) is 0. The van der Waals surface area contributed by atoms with Gasteiger partial charge in [0.05, 0.1) is 12.0 Å². The smallest absolute Gasteiger partial charge is 0.272 e. The van der Waals surface area contributed by atoms with E-state index in [4.69, 9.17) is 4.42 Å². The summed E-state index contributed by atoms with van der Waals surface area (Å²) in [5, 5.41) is 4.62. The molecule has 0 fully saturated rings. The van der Waals surface area contributed by atoms with Crippen LogP contribution in [0.15, 0.2) is 59.2 Å². The molecule has 0 N–H and O–H groups in total. The van der Waals surface area contributed by atoms with Gasteiger partial charge in [-0.1, -0.05) is 31.5 Å². The lowest BCUT2D eigenvalue weighted by Crippen LogP contribution is -2.33. The van der Waals surface area contributed by atoms with Crippen LogP contribution in [-0.4, -0.2) is 33.7 Å². The molecule has 5 nitrogen and oxygen atoms in total. The number of carbonyl (C=O) groups excluding carboxylic acids is 1. The van der Waals surface area contributed by atoms with Crippen LogP contribution in [0.2, 0.25) is 0 Å². The van der Waals surface area contributed by atoms with Gasteiger partial charge in [0, 0.05) is 19.2 Å². The first kappa shape index (κ1) is 17.0. The molecule has 1 aromatic carbocycles. The van der Waals surface area contributed by atoms with Crippen molar-refractivity contribution in [1.29, 1.82) is 0 Å². The number of amides is 1. The van der Waals surface area contributed by atoms with Gasteiger partial charge in [-0.2, -0.15) is 5.10 Å². The Morgan fingerprint density at radius 2 is 1.96 bits per heavy atom. The average Bonchev–Trinajstić information content (AvgIpc) is 3.32. The van der Waals surface area contributed by atoms with Crippen LogP contribution in [0.5, 0.6) is 0 Å². The monoisotopic (exact) mass is 337 g/mol. The van der Waals surface area contributed by atoms with Gasteiger partial charge in [0.2, 0.25) is 0 Å². The maximum absolute atomic E-state index is 13.1. The Morgan fingerprint density at radius 1 is 1.16 bits per heavy atom. The number of carbonyl (C=O) groups is 1. The van der Waals surface area contributed by atoms with E-state index >= 15 is 0 Å². The van der Waals surface area contributed by atoms with Gasteiger partial charge in [0.15, 0.2) is 5.76 Å². The lowest BCUT2D eigenvalue weighted by atomic mass is 10.2. The highest BCUT2D eigenvalue weighted by molar-refractivity contribution is 5.94. The van der Waals surface area contributed by atoms with E-state index in [0.29, 0.717) is 23.7 Å². The van der Waals surface area contributed by atoms with Crippen molar-refractivity contribution in [2.24, 2.45) is 0 Å². The Morgan fingerprint density at radius 3 is 2.60 bits per heavy atom. The largest absolute Gasteiger partial charge is 0.463 e. The van der Waals surface area contributed by atoms with E-state index in [1.54, 1.807) is 10.9 Å². The average molecular weight is 337 g/mol. The molecule has 3 rings (SSSR count). The lowest BCUT2D eigenvalue weighted by molar-refractivity contribution is 0.0753. The predicted octanol–water partition coefficient (Wildman–Crippen LogP) is 4.39. The molecule has 0 aliphatic rings. The molecular formula is C20H23N3O2. The van der Waals surface area contributed by atoms with Gasteiger partial charge in [0.1, 0.15) is 11.4 Å². The van der Waals surface area contributed by atoms with E-state index in [1.807, 2.05) is 60.4 Å². The Balaban J connectivity index is 2.03. The van der Waals surface area contributed by atoms with Gasteiger partial charge in [-0.25, -0.2) is 4.68 Å². The highest BCUT2D eigenvalue weighted by atomic mass is 16.3. The van der Waals surface area contributed by atoms with Crippen LogP contribution in [0, 0.1) is 0 Å². The van der Waals surface area contributed by atoms with Crippen molar-refractivity contribution in [1.82, 2.24) is 14.7 Å². The standard InChI is InChI=1S/C20H23N3O2/c1-3-5-13-22(4-2)20(24)18-15-17(19-12-9-14-25-19)21-23(18)16-10-7-6-8-11-16/h6-12,14-15H,3-5,13H2,1-2H3. The summed E-state index contributed by atoms with van der Waals surface area (Å²) in [5.41, 5.74) is 2.06. The third kappa shape index (κ3) is 3.65. The molecule has 0 saturated heterocycles. The van der Waals surface area contributed by atoms with E-state index in [1.165, 1.54) is 0 Å². The third-order valence-electron chi connectivity index (χ3n) is 4.15. The molecule has 2 aromatic heterocycles. The zero-order valence-electron chi connectivity index (χ0n) is 14.7. The topological polar surface area (TPSA) is 51.3 Å². The quantitative estimate of drug-likeness (QED) is 0.642. The van der Waals surface area contributed by atoms with Crippen LogP contribution in [0.4, 0.5) is 0 Å². The molecule has 25 heavy (non-hydrogen) atoms. The van der Waals surface area contributed by atoms with E-state index in [2.05, 4.69) is 12.0 Å². The molecule has 0 spiro atoms. The van der Waals surface area contributed by atoms with E-state index in [-0.39, 0.29) is 5.91 Å². The van der Waals surface area contributed by atoms with Crippen molar-refractivity contribution < 1.29 is 9.21 Å². The van der Waals surface area contributed by atoms with Gasteiger partial charge in [-0.15, -0.1) is 0 Å². The van der Waals surface area contributed by atoms with Crippen LogP contribution in [0.1, 0.15) is 37.2 Å². The Labute approximate surface area is 147 Å². The minimum atomic E-state index is -0.00916. The van der Waals surface area contributed by atoms with Crippen molar-refractivity contribution >= 4 is 5.91 Å². The van der Waals surface area contributed by atoms with Crippen molar-refractivity contribution in [2.45, 2.75) is 26.7 Å². The van der Waals surface area contributed by atoms with Gasteiger partial charge < -0.3 is 9.32 Å². The van der Waals surface area contributed by atoms with Crippen molar-refractivity contribution in [3.63, 3.8) is 0 Å². The fourth-order valence-corrected chi connectivity index (χ4v) is 2.76. The number of hydrogen-bond acceptors (Lipinski definition) is 3. The molecule has 1 amide bonds. The predicted molar refractivity (Wildman–Crippen MR) is 97.8 cm³/mol.